The smallest absolute Gasteiger partial charge is 0.253 e. The highest BCUT2D eigenvalue weighted by Crippen LogP contribution is 2.43. The highest BCUT2D eigenvalue weighted by atomic mass is 35.5. The summed E-state index contributed by atoms with van der Waals surface area (Å²) in [4.78, 5) is 75.2. The van der Waals surface area contributed by atoms with Crippen molar-refractivity contribution in [3.05, 3.63) is 59.2 Å². The summed E-state index contributed by atoms with van der Waals surface area (Å²) in [5.74, 6) is -1.80. The van der Waals surface area contributed by atoms with Crippen LogP contribution in [0.4, 0.5) is 0 Å². The summed E-state index contributed by atoms with van der Waals surface area (Å²) in [6.07, 6.45) is 12.0. The second-order valence-electron chi connectivity index (χ2n) is 13.3. The molecule has 0 saturated carbocycles. The Morgan fingerprint density at radius 3 is 2.42 bits per heavy atom. The van der Waals surface area contributed by atoms with E-state index in [4.69, 9.17) is 23.1 Å². The molecule has 1 aromatic carbocycles. The van der Waals surface area contributed by atoms with E-state index in [1.807, 2.05) is 42.5 Å². The Kier molecular flexibility index (Phi) is 7.51. The second-order valence-corrected chi connectivity index (χ2v) is 13.7. The number of primary amides is 1. The lowest BCUT2D eigenvalue weighted by Gasteiger charge is -2.45. The van der Waals surface area contributed by atoms with Crippen molar-refractivity contribution in [2.24, 2.45) is 17.4 Å². The SMILES string of the molecule is NC(=O)[C@@H]1CC[C@@H]2C=C[C@H]3CCN(C(=O)[C@@H]4CC[C@H]5C=C[C@]6(CCCN6C(=O)[C@@H](N)Cc6ccccc6Cl)C(=O)N54)[C@@H]3C(=O)N21. The molecule has 0 unspecified atom stereocenters. The van der Waals surface area contributed by atoms with Crippen molar-refractivity contribution in [2.75, 3.05) is 13.1 Å². The fraction of sp³-hybridized carbons (Fsp3) is 0.545. The van der Waals surface area contributed by atoms with E-state index in [0.717, 1.165) is 5.56 Å². The van der Waals surface area contributed by atoms with Gasteiger partial charge in [-0.25, -0.2) is 0 Å². The number of nitrogens with two attached hydrogens (primary N) is 2. The second kappa shape index (κ2) is 11.3. The normalized spacial score (nSPS) is 34.3. The molecule has 4 fully saturated rings. The van der Waals surface area contributed by atoms with Crippen LogP contribution in [0.25, 0.3) is 0 Å². The first-order chi connectivity index (χ1) is 21.6. The van der Waals surface area contributed by atoms with Crippen LogP contribution in [0.2, 0.25) is 5.02 Å². The van der Waals surface area contributed by atoms with Crippen LogP contribution in [-0.4, -0.2) is 104 Å². The van der Waals surface area contributed by atoms with Gasteiger partial charge in [-0.2, -0.15) is 0 Å². The topological polar surface area (TPSA) is 150 Å². The lowest BCUT2D eigenvalue weighted by molar-refractivity contribution is -0.157. The van der Waals surface area contributed by atoms with Gasteiger partial charge < -0.3 is 31.1 Å². The molecule has 6 aliphatic heterocycles. The van der Waals surface area contributed by atoms with Crippen molar-refractivity contribution < 1.29 is 24.0 Å². The molecule has 0 bridgehead atoms. The number of nitrogens with zero attached hydrogens (tertiary/aromatic N) is 4. The number of amides is 5. The van der Waals surface area contributed by atoms with Gasteiger partial charge in [0.25, 0.3) is 5.91 Å². The van der Waals surface area contributed by atoms with Gasteiger partial charge in [-0.15, -0.1) is 0 Å². The third-order valence-electron chi connectivity index (χ3n) is 10.9. The van der Waals surface area contributed by atoms with Crippen LogP contribution in [0, 0.1) is 5.92 Å². The first-order valence-corrected chi connectivity index (χ1v) is 16.4. The predicted molar refractivity (Wildman–Crippen MR) is 165 cm³/mol. The Bertz CT molecular complexity index is 1510. The maximum Gasteiger partial charge on any atom is 0.253 e. The maximum atomic E-state index is 14.5. The van der Waals surface area contributed by atoms with E-state index in [0.29, 0.717) is 63.1 Å². The largest absolute Gasteiger partial charge is 0.368 e. The van der Waals surface area contributed by atoms with Gasteiger partial charge in [-0.05, 0) is 63.0 Å². The molecule has 0 radical (unpaired) electrons. The standard InChI is InChI=1S/C33H39ClN6O5/c34-23-5-2-1-4-20(23)18-24(35)29(42)38-16-3-14-33(38)15-12-22-9-11-26(40(22)32(33)45)30(43)37-17-13-19-6-7-21-8-10-25(28(36)41)39(21)31(44)27(19)37/h1-2,4-7,12,15,19,21-22,24-27H,3,8-11,13-14,16-18,35H2,(H2,36,41)/t19-,21-,22-,24-,25-,26-,27-,33+/m0/s1. The number of rotatable bonds is 5. The van der Waals surface area contributed by atoms with E-state index in [1.54, 1.807) is 25.7 Å². The van der Waals surface area contributed by atoms with Gasteiger partial charge in [0.05, 0.1) is 18.1 Å². The molecule has 1 spiro atoms. The number of fused-ring (bicyclic) bond motifs is 3. The summed E-state index contributed by atoms with van der Waals surface area (Å²) in [5.41, 5.74) is 11.6. The molecular formula is C33H39ClN6O5. The Morgan fingerprint density at radius 2 is 1.67 bits per heavy atom. The van der Waals surface area contributed by atoms with Crippen LogP contribution in [0.1, 0.15) is 50.5 Å². The van der Waals surface area contributed by atoms with Gasteiger partial charge in [-0.3, -0.25) is 24.0 Å². The molecule has 0 aliphatic carbocycles. The number of carbonyl (C=O) groups is 5. The number of halogens is 1. The zero-order chi connectivity index (χ0) is 31.6. The first kappa shape index (κ1) is 30.0. The minimum atomic E-state index is -1.21. The molecule has 45 heavy (non-hydrogen) atoms. The molecule has 5 amide bonds. The van der Waals surface area contributed by atoms with Gasteiger partial charge in [0.2, 0.25) is 23.6 Å². The molecule has 4 saturated heterocycles. The van der Waals surface area contributed by atoms with Crippen LogP contribution < -0.4 is 11.5 Å². The average molecular weight is 635 g/mol. The van der Waals surface area contributed by atoms with E-state index in [2.05, 4.69) is 0 Å². The van der Waals surface area contributed by atoms with Crippen molar-refractivity contribution >= 4 is 41.1 Å². The fourth-order valence-corrected chi connectivity index (χ4v) is 8.89. The Hall–Kier alpha value is -3.70. The highest BCUT2D eigenvalue weighted by Gasteiger charge is 2.58. The van der Waals surface area contributed by atoms with Crippen molar-refractivity contribution in [1.82, 2.24) is 19.6 Å². The first-order valence-electron chi connectivity index (χ1n) is 16.1. The number of benzene rings is 1. The van der Waals surface area contributed by atoms with Crippen LogP contribution in [0.15, 0.2) is 48.6 Å². The lowest BCUT2D eigenvalue weighted by Crippen LogP contribution is -2.65. The fourth-order valence-electron chi connectivity index (χ4n) is 8.68. The molecule has 7 rings (SSSR count). The number of likely N-dealkylation sites (tertiary alicyclic amines) is 2. The summed E-state index contributed by atoms with van der Waals surface area (Å²) >= 11 is 6.33. The molecule has 11 nitrogen and oxygen atoms in total. The van der Waals surface area contributed by atoms with Gasteiger partial charge in [-0.1, -0.05) is 54.1 Å². The highest BCUT2D eigenvalue weighted by molar-refractivity contribution is 6.31. The quantitative estimate of drug-likeness (QED) is 0.464. The number of carbonyl (C=O) groups excluding carboxylic acids is 5. The van der Waals surface area contributed by atoms with Gasteiger partial charge >= 0.3 is 0 Å². The minimum absolute atomic E-state index is 0.163. The molecule has 6 aliphatic rings. The van der Waals surface area contributed by atoms with Crippen molar-refractivity contribution in [2.45, 2.75) is 93.2 Å². The zero-order valence-electron chi connectivity index (χ0n) is 25.1. The third-order valence-corrected chi connectivity index (χ3v) is 11.3. The molecule has 8 atom stereocenters. The maximum absolute atomic E-state index is 14.5. The van der Waals surface area contributed by atoms with E-state index in [1.165, 1.54) is 0 Å². The number of hydrogen-bond donors (Lipinski definition) is 2. The Labute approximate surface area is 267 Å². The molecule has 1 aromatic rings. The van der Waals surface area contributed by atoms with Crippen LogP contribution in [0.3, 0.4) is 0 Å². The summed E-state index contributed by atoms with van der Waals surface area (Å²) in [7, 11) is 0. The summed E-state index contributed by atoms with van der Waals surface area (Å²) in [6.45, 7) is 0.771. The Balaban J connectivity index is 1.12. The van der Waals surface area contributed by atoms with Crippen LogP contribution >= 0.6 is 11.6 Å². The number of hydrogen-bond acceptors (Lipinski definition) is 6. The van der Waals surface area contributed by atoms with Crippen molar-refractivity contribution in [3.8, 4) is 0 Å². The van der Waals surface area contributed by atoms with Gasteiger partial charge in [0, 0.05) is 24.0 Å². The molecule has 0 aromatic heterocycles. The van der Waals surface area contributed by atoms with Gasteiger partial charge in [0.1, 0.15) is 23.7 Å². The molecule has 238 valence electrons. The lowest BCUT2D eigenvalue weighted by atomic mass is 9.88. The van der Waals surface area contributed by atoms with Gasteiger partial charge in [0.15, 0.2) is 0 Å². The molecular weight excluding hydrogens is 596 g/mol. The zero-order valence-corrected chi connectivity index (χ0v) is 25.9. The summed E-state index contributed by atoms with van der Waals surface area (Å²) in [5, 5.41) is 0.531. The van der Waals surface area contributed by atoms with E-state index >= 15 is 0 Å². The molecule has 12 heteroatoms. The molecule has 4 N–H and O–H groups in total. The Morgan fingerprint density at radius 1 is 0.933 bits per heavy atom. The average Bonchev–Trinajstić information content (AvgIpc) is 3.81. The van der Waals surface area contributed by atoms with E-state index in [-0.39, 0.29) is 48.1 Å². The predicted octanol–water partition coefficient (Wildman–Crippen LogP) is 1.13. The molecule has 6 heterocycles. The van der Waals surface area contributed by atoms with Crippen LogP contribution in [-0.2, 0) is 30.4 Å². The van der Waals surface area contributed by atoms with Crippen LogP contribution in [0.5, 0.6) is 0 Å². The van der Waals surface area contributed by atoms with Crippen molar-refractivity contribution in [1.29, 1.82) is 0 Å². The summed E-state index contributed by atoms with van der Waals surface area (Å²) in [6, 6.07) is 3.70. The van der Waals surface area contributed by atoms with E-state index in [9.17, 15) is 24.0 Å². The monoisotopic (exact) mass is 634 g/mol. The third kappa shape index (κ3) is 4.69. The van der Waals surface area contributed by atoms with E-state index < -0.39 is 35.6 Å². The summed E-state index contributed by atoms with van der Waals surface area (Å²) < 4.78 is 0. The minimum Gasteiger partial charge on any atom is -0.368 e. The van der Waals surface area contributed by atoms with Crippen molar-refractivity contribution in [3.63, 3.8) is 0 Å².